The molecule has 0 aromatic carbocycles. The van der Waals surface area contributed by atoms with Gasteiger partial charge < -0.3 is 20.3 Å². The first-order chi connectivity index (χ1) is 25.5. The largest absolute Gasteiger partial charge is 0.466 e. The van der Waals surface area contributed by atoms with Crippen molar-refractivity contribution in [2.75, 3.05) is 13.2 Å². The second kappa shape index (κ2) is 42.3. The van der Waals surface area contributed by atoms with Crippen molar-refractivity contribution < 1.29 is 24.5 Å². The Morgan fingerprint density at radius 1 is 0.519 bits per heavy atom. The molecule has 0 saturated carbocycles. The molecule has 0 bridgehead atoms. The Balaban J connectivity index is 3.46. The summed E-state index contributed by atoms with van der Waals surface area (Å²) in [6.45, 7) is 4.85. The molecule has 308 valence electrons. The first-order valence-electron chi connectivity index (χ1n) is 22.9. The summed E-state index contributed by atoms with van der Waals surface area (Å²) < 4.78 is 5.44. The summed E-state index contributed by atoms with van der Waals surface area (Å²) in [5.74, 6) is -0.0946. The van der Waals surface area contributed by atoms with E-state index in [0.29, 0.717) is 25.9 Å². The number of aliphatic hydroxyl groups excluding tert-OH is 2. The van der Waals surface area contributed by atoms with E-state index < -0.39 is 12.1 Å². The van der Waals surface area contributed by atoms with E-state index in [1.54, 1.807) is 0 Å². The van der Waals surface area contributed by atoms with Gasteiger partial charge in [-0.2, -0.15) is 0 Å². The highest BCUT2D eigenvalue weighted by Gasteiger charge is 2.20. The van der Waals surface area contributed by atoms with Crippen molar-refractivity contribution in [3.63, 3.8) is 0 Å². The number of esters is 1. The van der Waals surface area contributed by atoms with Crippen molar-refractivity contribution >= 4 is 11.9 Å². The number of rotatable bonds is 42. The number of allylic oxidation sites excluding steroid dienone is 2. The Hall–Kier alpha value is -1.40. The van der Waals surface area contributed by atoms with E-state index in [9.17, 15) is 19.8 Å². The lowest BCUT2D eigenvalue weighted by Gasteiger charge is -2.22. The van der Waals surface area contributed by atoms with E-state index in [-0.39, 0.29) is 18.5 Å². The van der Waals surface area contributed by atoms with Crippen LogP contribution in [-0.2, 0) is 14.3 Å². The summed E-state index contributed by atoms with van der Waals surface area (Å²) in [4.78, 5) is 24.4. The fourth-order valence-corrected chi connectivity index (χ4v) is 6.98. The molecule has 1 amide bonds. The summed E-state index contributed by atoms with van der Waals surface area (Å²) >= 11 is 0. The van der Waals surface area contributed by atoms with Crippen LogP contribution in [-0.4, -0.2) is 47.4 Å². The molecule has 0 rings (SSSR count). The Morgan fingerprint density at radius 3 is 1.37 bits per heavy atom. The van der Waals surface area contributed by atoms with E-state index in [1.165, 1.54) is 154 Å². The predicted molar refractivity (Wildman–Crippen MR) is 223 cm³/mol. The third-order valence-electron chi connectivity index (χ3n) is 10.6. The predicted octanol–water partition coefficient (Wildman–Crippen LogP) is 13.0. The van der Waals surface area contributed by atoms with Crippen LogP contribution in [0.1, 0.15) is 245 Å². The number of aliphatic hydroxyl groups is 2. The minimum atomic E-state index is -0.678. The average molecular weight is 736 g/mol. The number of unbranched alkanes of at least 4 members (excludes halogenated alkanes) is 29. The average Bonchev–Trinajstić information content (AvgIpc) is 3.14. The maximum absolute atomic E-state index is 12.4. The highest BCUT2D eigenvalue weighted by atomic mass is 16.5. The van der Waals surface area contributed by atoms with Crippen molar-refractivity contribution in [3.8, 4) is 0 Å². The number of carbonyl (C=O) groups is 2. The number of ether oxygens (including phenoxy) is 1. The molecule has 0 aliphatic carbocycles. The van der Waals surface area contributed by atoms with Gasteiger partial charge in [-0.25, -0.2) is 0 Å². The van der Waals surface area contributed by atoms with Crippen LogP contribution in [0.2, 0.25) is 0 Å². The summed E-state index contributed by atoms with van der Waals surface area (Å²) in [5, 5.41) is 23.0. The van der Waals surface area contributed by atoms with Gasteiger partial charge in [0.25, 0.3) is 0 Å². The first kappa shape index (κ1) is 50.6. The molecule has 0 spiro atoms. The zero-order chi connectivity index (χ0) is 38.0. The molecule has 52 heavy (non-hydrogen) atoms. The Morgan fingerprint density at radius 2 is 0.904 bits per heavy atom. The van der Waals surface area contributed by atoms with E-state index in [0.717, 1.165) is 57.8 Å². The van der Waals surface area contributed by atoms with Gasteiger partial charge in [-0.05, 0) is 51.4 Å². The molecule has 6 nitrogen and oxygen atoms in total. The second-order valence-electron chi connectivity index (χ2n) is 15.7. The van der Waals surface area contributed by atoms with Crippen LogP contribution in [0.25, 0.3) is 0 Å². The van der Waals surface area contributed by atoms with Gasteiger partial charge in [0, 0.05) is 12.8 Å². The minimum absolute atomic E-state index is 0.0291. The number of amides is 1. The lowest BCUT2D eigenvalue weighted by Crippen LogP contribution is -2.45. The van der Waals surface area contributed by atoms with Gasteiger partial charge in [0.05, 0.1) is 25.4 Å². The van der Waals surface area contributed by atoms with E-state index in [4.69, 9.17) is 4.74 Å². The molecule has 0 heterocycles. The summed E-state index contributed by atoms with van der Waals surface area (Å²) in [6, 6.07) is -0.558. The molecule has 0 aromatic heterocycles. The monoisotopic (exact) mass is 736 g/mol. The summed E-state index contributed by atoms with van der Waals surface area (Å²) in [7, 11) is 0. The van der Waals surface area contributed by atoms with E-state index >= 15 is 0 Å². The fourth-order valence-electron chi connectivity index (χ4n) is 6.98. The first-order valence-corrected chi connectivity index (χ1v) is 22.9. The molecule has 0 saturated heterocycles. The quantitative estimate of drug-likeness (QED) is 0.0329. The topological polar surface area (TPSA) is 95.9 Å². The molecule has 0 aliphatic rings. The molecule has 3 N–H and O–H groups in total. The van der Waals surface area contributed by atoms with Crippen LogP contribution in [0.4, 0.5) is 0 Å². The number of hydrogen-bond donors (Lipinski definition) is 3. The molecule has 0 fully saturated rings. The van der Waals surface area contributed by atoms with Crippen molar-refractivity contribution in [1.82, 2.24) is 5.32 Å². The zero-order valence-corrected chi connectivity index (χ0v) is 34.8. The highest BCUT2D eigenvalue weighted by Crippen LogP contribution is 2.15. The van der Waals surface area contributed by atoms with Crippen LogP contribution in [0.15, 0.2) is 12.2 Å². The van der Waals surface area contributed by atoms with Crippen molar-refractivity contribution in [3.05, 3.63) is 12.2 Å². The van der Waals surface area contributed by atoms with E-state index in [1.807, 2.05) is 0 Å². The highest BCUT2D eigenvalue weighted by molar-refractivity contribution is 5.76. The normalized spacial score (nSPS) is 12.8. The molecule has 0 radical (unpaired) electrons. The number of carbonyl (C=O) groups excluding carboxylic acids is 2. The lowest BCUT2D eigenvalue weighted by molar-refractivity contribution is -0.143. The summed E-state index contributed by atoms with van der Waals surface area (Å²) in [5.41, 5.74) is 0. The van der Waals surface area contributed by atoms with Crippen LogP contribution in [0.5, 0.6) is 0 Å². The van der Waals surface area contributed by atoms with E-state index in [2.05, 4.69) is 31.3 Å². The second-order valence-corrected chi connectivity index (χ2v) is 15.7. The van der Waals surface area contributed by atoms with Crippen LogP contribution >= 0.6 is 0 Å². The third-order valence-corrected chi connectivity index (χ3v) is 10.6. The van der Waals surface area contributed by atoms with Gasteiger partial charge in [0.1, 0.15) is 0 Å². The van der Waals surface area contributed by atoms with Crippen LogP contribution in [0, 0.1) is 0 Å². The Bertz CT molecular complexity index is 772. The molecule has 0 aliphatic heterocycles. The lowest BCUT2D eigenvalue weighted by atomic mass is 10.0. The Kier molecular flexibility index (Phi) is 41.2. The van der Waals surface area contributed by atoms with Crippen LogP contribution < -0.4 is 5.32 Å². The molecule has 6 heteroatoms. The maximum atomic E-state index is 12.4. The smallest absolute Gasteiger partial charge is 0.305 e. The molecule has 2 unspecified atom stereocenters. The third kappa shape index (κ3) is 38.3. The SMILES string of the molecule is CCCCCCCC/C=C\CCCCCCCCCC(=O)OCCCCCCCCCCCC(=O)NC(CO)C(O)CCCCCCCCCCC. The van der Waals surface area contributed by atoms with Crippen LogP contribution in [0.3, 0.4) is 0 Å². The van der Waals surface area contributed by atoms with Gasteiger partial charge >= 0.3 is 5.97 Å². The van der Waals surface area contributed by atoms with Gasteiger partial charge in [-0.3, -0.25) is 9.59 Å². The summed E-state index contributed by atoms with van der Waals surface area (Å²) in [6.07, 6.45) is 46.0. The minimum Gasteiger partial charge on any atom is -0.466 e. The van der Waals surface area contributed by atoms with Gasteiger partial charge in [-0.1, -0.05) is 193 Å². The zero-order valence-electron chi connectivity index (χ0n) is 34.8. The molecular weight excluding hydrogens is 647 g/mol. The van der Waals surface area contributed by atoms with Crippen molar-refractivity contribution in [2.24, 2.45) is 0 Å². The maximum Gasteiger partial charge on any atom is 0.305 e. The Labute approximate surface area is 323 Å². The fraction of sp³-hybridized carbons (Fsp3) is 0.913. The van der Waals surface area contributed by atoms with Gasteiger partial charge in [0.15, 0.2) is 0 Å². The molecular formula is C46H89NO5. The molecule has 2 atom stereocenters. The van der Waals surface area contributed by atoms with Crippen molar-refractivity contribution in [1.29, 1.82) is 0 Å². The van der Waals surface area contributed by atoms with Gasteiger partial charge in [-0.15, -0.1) is 0 Å². The van der Waals surface area contributed by atoms with Crippen molar-refractivity contribution in [2.45, 2.75) is 257 Å². The standard InChI is InChI=1S/C46H89NO5/c1-3-5-7-9-11-13-14-15-16-17-18-19-20-24-28-32-36-40-46(51)52-41-37-33-29-25-21-23-27-31-35-39-45(50)47-43(42-48)44(49)38-34-30-26-22-12-10-8-6-4-2/h15-16,43-44,48-49H,3-14,17-42H2,1-2H3,(H,47,50)/b16-15-. The molecule has 0 aromatic rings. The van der Waals surface area contributed by atoms with Gasteiger partial charge in [0.2, 0.25) is 5.91 Å². The number of nitrogens with one attached hydrogen (secondary N) is 1. The number of hydrogen-bond acceptors (Lipinski definition) is 5.